The van der Waals surface area contributed by atoms with Crippen LogP contribution in [-0.2, 0) is 6.54 Å². The lowest BCUT2D eigenvalue weighted by atomic mass is 10.2. The number of hydrogen-bond donors (Lipinski definition) is 3. The number of rotatable bonds is 7. The Hall–Kier alpha value is -1.81. The summed E-state index contributed by atoms with van der Waals surface area (Å²) in [4.78, 5) is 18.8. The molecule has 1 aromatic heterocycles. The van der Waals surface area contributed by atoms with Crippen molar-refractivity contribution in [3.05, 3.63) is 51.7 Å². The van der Waals surface area contributed by atoms with Crippen molar-refractivity contribution in [3.8, 4) is 5.75 Å². The molecule has 0 spiro atoms. The van der Waals surface area contributed by atoms with Crippen molar-refractivity contribution < 1.29 is 9.53 Å². The van der Waals surface area contributed by atoms with Gasteiger partial charge in [0.1, 0.15) is 5.75 Å². The van der Waals surface area contributed by atoms with E-state index in [0.29, 0.717) is 30.4 Å². The van der Waals surface area contributed by atoms with E-state index >= 15 is 0 Å². The highest BCUT2D eigenvalue weighted by Crippen LogP contribution is 2.14. The van der Waals surface area contributed by atoms with Gasteiger partial charge >= 0.3 is 0 Å². The molecule has 2 rings (SSSR count). The summed E-state index contributed by atoms with van der Waals surface area (Å²) in [5, 5.41) is 9.30. The van der Waals surface area contributed by atoms with Crippen molar-refractivity contribution in [2.24, 2.45) is 4.99 Å². The summed E-state index contributed by atoms with van der Waals surface area (Å²) >= 11 is 1.76. The van der Waals surface area contributed by atoms with Gasteiger partial charge in [-0.25, -0.2) is 0 Å². The number of halogens is 1. The number of nitrogens with one attached hydrogen (secondary N) is 3. The number of guanidine groups is 1. The largest absolute Gasteiger partial charge is 0.497 e. The van der Waals surface area contributed by atoms with Crippen LogP contribution in [0.25, 0.3) is 0 Å². The minimum Gasteiger partial charge on any atom is -0.497 e. The Morgan fingerprint density at radius 3 is 2.58 bits per heavy atom. The number of ether oxygens (including phenoxy) is 1. The van der Waals surface area contributed by atoms with E-state index in [1.807, 2.05) is 6.07 Å². The molecule has 0 atom stereocenters. The van der Waals surface area contributed by atoms with Gasteiger partial charge in [0.05, 0.1) is 13.7 Å². The Morgan fingerprint density at radius 1 is 1.15 bits per heavy atom. The Bertz CT molecular complexity index is 733. The van der Waals surface area contributed by atoms with Crippen molar-refractivity contribution in [3.63, 3.8) is 0 Å². The fourth-order valence-electron chi connectivity index (χ4n) is 2.19. The van der Waals surface area contributed by atoms with E-state index in [1.165, 1.54) is 9.75 Å². The summed E-state index contributed by atoms with van der Waals surface area (Å²) in [5.74, 6) is 1.25. The number of carbonyl (C=O) groups is 1. The highest BCUT2D eigenvalue weighted by atomic mass is 127. The minimum absolute atomic E-state index is 0. The summed E-state index contributed by atoms with van der Waals surface area (Å²) < 4.78 is 5.13. The molecule has 0 unspecified atom stereocenters. The molecule has 1 amide bonds. The number of nitrogens with zero attached hydrogens (tertiary/aromatic N) is 1. The van der Waals surface area contributed by atoms with Crippen molar-refractivity contribution >= 4 is 47.2 Å². The van der Waals surface area contributed by atoms with Gasteiger partial charge in [-0.3, -0.25) is 9.79 Å². The van der Waals surface area contributed by atoms with Crippen LogP contribution in [0.5, 0.6) is 5.75 Å². The van der Waals surface area contributed by atoms with Gasteiger partial charge in [0.2, 0.25) is 0 Å². The zero-order valence-corrected chi connectivity index (χ0v) is 18.3. The molecule has 0 fully saturated rings. The molecule has 0 saturated heterocycles. The predicted molar refractivity (Wildman–Crippen MR) is 118 cm³/mol. The maximum Gasteiger partial charge on any atom is 0.251 e. The number of carbonyl (C=O) groups excluding carboxylic acids is 1. The summed E-state index contributed by atoms with van der Waals surface area (Å²) in [6, 6.07) is 11.3. The van der Waals surface area contributed by atoms with Gasteiger partial charge in [0.15, 0.2) is 5.96 Å². The monoisotopic (exact) mass is 488 g/mol. The molecule has 3 N–H and O–H groups in total. The van der Waals surface area contributed by atoms with Crippen LogP contribution in [0, 0.1) is 6.92 Å². The molecule has 26 heavy (non-hydrogen) atoms. The third kappa shape index (κ3) is 7.20. The van der Waals surface area contributed by atoms with Gasteiger partial charge in [-0.15, -0.1) is 35.3 Å². The first-order valence-electron chi connectivity index (χ1n) is 8.04. The van der Waals surface area contributed by atoms with E-state index in [-0.39, 0.29) is 29.9 Å². The van der Waals surface area contributed by atoms with Gasteiger partial charge in [0, 0.05) is 35.5 Å². The van der Waals surface area contributed by atoms with Crippen molar-refractivity contribution in [1.82, 2.24) is 16.0 Å². The number of benzene rings is 1. The van der Waals surface area contributed by atoms with Crippen molar-refractivity contribution in [2.45, 2.75) is 13.5 Å². The number of thiophene rings is 1. The van der Waals surface area contributed by atoms with Crippen LogP contribution >= 0.6 is 35.3 Å². The van der Waals surface area contributed by atoms with Crippen LogP contribution in [0.3, 0.4) is 0 Å². The molecule has 8 heteroatoms. The first kappa shape index (κ1) is 22.2. The van der Waals surface area contributed by atoms with Crippen LogP contribution in [0.15, 0.2) is 41.4 Å². The maximum absolute atomic E-state index is 12.1. The van der Waals surface area contributed by atoms with Crippen LogP contribution in [0.2, 0.25) is 0 Å². The van der Waals surface area contributed by atoms with Gasteiger partial charge < -0.3 is 20.7 Å². The molecule has 6 nitrogen and oxygen atoms in total. The quantitative estimate of drug-likeness (QED) is 0.243. The Kier molecular flexibility index (Phi) is 10.0. The molecular weight excluding hydrogens is 463 g/mol. The zero-order chi connectivity index (χ0) is 18.1. The second-order valence-corrected chi connectivity index (χ2v) is 6.73. The third-order valence-corrected chi connectivity index (χ3v) is 4.49. The smallest absolute Gasteiger partial charge is 0.251 e. The standard InChI is InChI=1S/C18H24N4O2S.HI/c1-13-7-8-16(25-13)12-22-18(19-2)21-10-9-20-17(23)14-5-4-6-15(11-14)24-3;/h4-8,11H,9-10,12H2,1-3H3,(H,20,23)(H2,19,21,22);1H. The van der Waals surface area contributed by atoms with E-state index in [0.717, 1.165) is 6.54 Å². The number of methoxy groups -OCH3 is 1. The zero-order valence-electron chi connectivity index (χ0n) is 15.2. The maximum atomic E-state index is 12.1. The number of aryl methyl sites for hydroxylation is 1. The molecule has 2 aromatic rings. The lowest BCUT2D eigenvalue weighted by Crippen LogP contribution is -2.41. The van der Waals surface area contributed by atoms with E-state index in [1.54, 1.807) is 43.7 Å². The van der Waals surface area contributed by atoms with Crippen LogP contribution in [0.4, 0.5) is 0 Å². The number of aliphatic imine (C=N–C) groups is 1. The van der Waals surface area contributed by atoms with Crippen molar-refractivity contribution in [1.29, 1.82) is 0 Å². The topological polar surface area (TPSA) is 74.8 Å². The summed E-state index contributed by atoms with van der Waals surface area (Å²) in [6.07, 6.45) is 0. The van der Waals surface area contributed by atoms with E-state index in [4.69, 9.17) is 4.74 Å². The molecule has 0 aliphatic heterocycles. The predicted octanol–water partition coefficient (Wildman–Crippen LogP) is 2.78. The van der Waals surface area contributed by atoms with Crippen LogP contribution in [-0.4, -0.2) is 39.1 Å². The van der Waals surface area contributed by atoms with Gasteiger partial charge in [-0.1, -0.05) is 6.07 Å². The average molecular weight is 488 g/mol. The second kappa shape index (κ2) is 11.7. The SMILES string of the molecule is CN=C(NCCNC(=O)c1cccc(OC)c1)NCc1ccc(C)s1.I. The molecule has 1 heterocycles. The van der Waals surface area contributed by atoms with E-state index < -0.39 is 0 Å². The highest BCUT2D eigenvalue weighted by molar-refractivity contribution is 14.0. The fraction of sp³-hybridized carbons (Fsp3) is 0.333. The lowest BCUT2D eigenvalue weighted by molar-refractivity contribution is 0.0954. The molecule has 0 aliphatic rings. The van der Waals surface area contributed by atoms with Gasteiger partial charge in [0.25, 0.3) is 5.91 Å². The van der Waals surface area contributed by atoms with E-state index in [2.05, 4.69) is 40.0 Å². The first-order valence-corrected chi connectivity index (χ1v) is 8.86. The molecular formula is C18H25IN4O2S. The fourth-order valence-corrected chi connectivity index (χ4v) is 3.02. The third-order valence-electron chi connectivity index (χ3n) is 3.48. The van der Waals surface area contributed by atoms with Crippen molar-refractivity contribution in [2.75, 3.05) is 27.2 Å². The summed E-state index contributed by atoms with van der Waals surface area (Å²) in [7, 11) is 3.31. The summed E-state index contributed by atoms with van der Waals surface area (Å²) in [6.45, 7) is 3.90. The van der Waals surface area contributed by atoms with Crippen LogP contribution < -0.4 is 20.7 Å². The van der Waals surface area contributed by atoms with Gasteiger partial charge in [-0.2, -0.15) is 0 Å². The Morgan fingerprint density at radius 2 is 1.92 bits per heavy atom. The molecule has 0 aliphatic carbocycles. The molecule has 0 saturated carbocycles. The lowest BCUT2D eigenvalue weighted by Gasteiger charge is -2.12. The Balaban J connectivity index is 0.00000338. The molecule has 0 bridgehead atoms. The number of hydrogen-bond acceptors (Lipinski definition) is 4. The van der Waals surface area contributed by atoms with E-state index in [9.17, 15) is 4.79 Å². The number of amides is 1. The normalized spacial score (nSPS) is 10.7. The molecule has 1 aromatic carbocycles. The highest BCUT2D eigenvalue weighted by Gasteiger charge is 2.06. The minimum atomic E-state index is -0.127. The molecule has 142 valence electrons. The molecule has 0 radical (unpaired) electrons. The summed E-state index contributed by atoms with van der Waals surface area (Å²) in [5.41, 5.74) is 0.579. The van der Waals surface area contributed by atoms with Gasteiger partial charge in [-0.05, 0) is 37.3 Å². The van der Waals surface area contributed by atoms with Crippen LogP contribution in [0.1, 0.15) is 20.1 Å². The second-order valence-electron chi connectivity index (χ2n) is 5.35. The Labute approximate surface area is 175 Å². The first-order chi connectivity index (χ1) is 12.1. The average Bonchev–Trinajstić information content (AvgIpc) is 3.06.